The Morgan fingerprint density at radius 3 is 2.24 bits per heavy atom. The van der Waals surface area contributed by atoms with Gasteiger partial charge in [-0.3, -0.25) is 9.59 Å². The average molecular weight is 524 g/mol. The lowest BCUT2D eigenvalue weighted by atomic mass is 9.85. The lowest BCUT2D eigenvalue weighted by molar-refractivity contribution is -0.896. The molecule has 1 aliphatic heterocycles. The minimum Gasteiger partial charge on any atom is -0.872 e. The summed E-state index contributed by atoms with van der Waals surface area (Å²) in [5, 5.41) is 14.0. The van der Waals surface area contributed by atoms with Crippen molar-refractivity contribution in [3.05, 3.63) is 63.5 Å². The minimum atomic E-state index is -0.793. The third kappa shape index (κ3) is 5.55. The van der Waals surface area contributed by atoms with Gasteiger partial charge in [0.2, 0.25) is 5.78 Å². The van der Waals surface area contributed by atoms with E-state index in [-0.39, 0.29) is 22.2 Å². The summed E-state index contributed by atoms with van der Waals surface area (Å²) in [5.41, 5.74) is 2.93. The number of quaternary nitrogens is 1. The Labute approximate surface area is 225 Å². The van der Waals surface area contributed by atoms with Crippen molar-refractivity contribution in [2.24, 2.45) is 0 Å². The first-order valence-corrected chi connectivity index (χ1v) is 13.4. The van der Waals surface area contributed by atoms with Crippen molar-refractivity contribution in [1.29, 1.82) is 0 Å². The SMILES string of the molecule is CC[NH+](CC)CCCN1C(=O)C(=O)/C(=C(/[O-])c2c(C)[nH]c(C(=O)OC)c2C)C1c1ccc(C(C)(C)C)cc1. The van der Waals surface area contributed by atoms with Crippen LogP contribution in [-0.4, -0.2) is 60.8 Å². The van der Waals surface area contributed by atoms with E-state index in [9.17, 15) is 19.5 Å². The number of benzene rings is 1. The summed E-state index contributed by atoms with van der Waals surface area (Å²) in [6, 6.07) is 7.00. The van der Waals surface area contributed by atoms with Crippen molar-refractivity contribution in [2.45, 2.75) is 66.3 Å². The van der Waals surface area contributed by atoms with Crippen molar-refractivity contribution in [2.75, 3.05) is 33.3 Å². The van der Waals surface area contributed by atoms with Crippen LogP contribution in [0.5, 0.6) is 0 Å². The number of rotatable bonds is 9. The first-order valence-electron chi connectivity index (χ1n) is 13.4. The summed E-state index contributed by atoms with van der Waals surface area (Å²) in [6.07, 6.45) is 0.711. The molecule has 1 fully saturated rings. The van der Waals surface area contributed by atoms with Gasteiger partial charge in [-0.15, -0.1) is 0 Å². The summed E-state index contributed by atoms with van der Waals surface area (Å²) >= 11 is 0. The fourth-order valence-electron chi connectivity index (χ4n) is 5.25. The molecule has 1 aliphatic rings. The highest BCUT2D eigenvalue weighted by atomic mass is 16.5. The number of esters is 1. The molecule has 206 valence electrons. The number of hydrogen-bond donors (Lipinski definition) is 2. The highest BCUT2D eigenvalue weighted by Gasteiger charge is 2.44. The van der Waals surface area contributed by atoms with Crippen LogP contribution in [0.3, 0.4) is 0 Å². The van der Waals surface area contributed by atoms with Crippen molar-refractivity contribution >= 4 is 23.4 Å². The molecule has 0 radical (unpaired) electrons. The molecule has 8 nitrogen and oxygen atoms in total. The Kier molecular flexibility index (Phi) is 8.87. The molecule has 1 atom stereocenters. The standard InChI is InChI=1S/C30H41N3O5/c1-9-32(10-2)16-11-17-33-25(20-12-14-21(15-13-20)30(5,6)7)23(27(35)28(33)36)26(34)22-18(3)24(29(37)38-8)31-19(22)4/h12-15,25,31,34H,9-11,16-17H2,1-8H3/b26-23+. The van der Waals surface area contributed by atoms with E-state index < -0.39 is 29.5 Å². The van der Waals surface area contributed by atoms with Crippen LogP contribution in [0.15, 0.2) is 29.8 Å². The smallest absolute Gasteiger partial charge is 0.354 e. The molecule has 1 aromatic heterocycles. The number of likely N-dealkylation sites (tertiary alicyclic amines) is 1. The van der Waals surface area contributed by atoms with E-state index in [0.717, 1.165) is 30.8 Å². The van der Waals surface area contributed by atoms with Crippen LogP contribution in [0, 0.1) is 13.8 Å². The second kappa shape index (κ2) is 11.6. The summed E-state index contributed by atoms with van der Waals surface area (Å²) in [5.74, 6) is -2.58. The van der Waals surface area contributed by atoms with Crippen LogP contribution >= 0.6 is 0 Å². The second-order valence-corrected chi connectivity index (χ2v) is 11.0. The van der Waals surface area contributed by atoms with Gasteiger partial charge in [-0.25, -0.2) is 4.79 Å². The van der Waals surface area contributed by atoms with Crippen molar-refractivity contribution < 1.29 is 29.1 Å². The first kappa shape index (κ1) is 29.2. The van der Waals surface area contributed by atoms with Gasteiger partial charge in [0.25, 0.3) is 5.91 Å². The third-order valence-electron chi connectivity index (χ3n) is 7.61. The second-order valence-electron chi connectivity index (χ2n) is 11.0. The quantitative estimate of drug-likeness (QED) is 0.227. The molecule has 2 aromatic rings. The molecule has 0 aliphatic carbocycles. The van der Waals surface area contributed by atoms with E-state index in [0.29, 0.717) is 24.2 Å². The zero-order valence-corrected chi connectivity index (χ0v) is 23.9. The summed E-state index contributed by atoms with van der Waals surface area (Å²) < 4.78 is 4.84. The molecular weight excluding hydrogens is 482 g/mol. The Hall–Kier alpha value is -3.39. The first-order chi connectivity index (χ1) is 17.9. The highest BCUT2D eigenvalue weighted by Crippen LogP contribution is 2.40. The number of methoxy groups -OCH3 is 1. The Bertz CT molecular complexity index is 1230. The van der Waals surface area contributed by atoms with Gasteiger partial charge >= 0.3 is 5.97 Å². The summed E-state index contributed by atoms with van der Waals surface area (Å²) in [4.78, 5) is 44.8. The van der Waals surface area contributed by atoms with E-state index in [4.69, 9.17) is 4.74 Å². The average Bonchev–Trinajstić information content (AvgIpc) is 3.32. The predicted molar refractivity (Wildman–Crippen MR) is 145 cm³/mol. The number of nitrogens with zero attached hydrogens (tertiary/aromatic N) is 1. The number of ether oxygens (including phenoxy) is 1. The van der Waals surface area contributed by atoms with Crippen LogP contribution < -0.4 is 10.0 Å². The molecule has 3 rings (SSSR count). The Balaban J connectivity index is 2.14. The van der Waals surface area contributed by atoms with E-state index in [1.54, 1.807) is 18.7 Å². The van der Waals surface area contributed by atoms with Gasteiger partial charge in [0, 0.05) is 24.2 Å². The number of carbonyl (C=O) groups excluding carboxylic acids is 3. The van der Waals surface area contributed by atoms with E-state index >= 15 is 0 Å². The van der Waals surface area contributed by atoms with Crippen LogP contribution in [0.25, 0.3) is 5.76 Å². The molecule has 1 aromatic carbocycles. The maximum Gasteiger partial charge on any atom is 0.354 e. The topological polar surface area (TPSA) is 107 Å². The molecule has 0 spiro atoms. The van der Waals surface area contributed by atoms with E-state index in [2.05, 4.69) is 39.6 Å². The van der Waals surface area contributed by atoms with Gasteiger partial charge in [-0.2, -0.15) is 0 Å². The molecule has 2 heterocycles. The van der Waals surface area contributed by atoms with Crippen LogP contribution in [0.1, 0.15) is 85.5 Å². The molecule has 1 saturated heterocycles. The number of Topliss-reactive ketones (excluding diaryl/α,β-unsaturated/α-hetero) is 1. The monoisotopic (exact) mass is 523 g/mol. The van der Waals surface area contributed by atoms with Gasteiger partial charge in [-0.1, -0.05) is 50.8 Å². The number of carbonyl (C=O) groups is 3. The molecule has 0 saturated carbocycles. The maximum absolute atomic E-state index is 14.0. The lowest BCUT2D eigenvalue weighted by Crippen LogP contribution is -3.11. The number of H-pyrrole nitrogens is 1. The number of aromatic amines is 1. The minimum absolute atomic E-state index is 0.0714. The number of aromatic nitrogens is 1. The number of aryl methyl sites for hydroxylation is 1. The van der Waals surface area contributed by atoms with Gasteiger partial charge in [0.15, 0.2) is 0 Å². The predicted octanol–water partition coefficient (Wildman–Crippen LogP) is 2.25. The van der Waals surface area contributed by atoms with Crippen molar-refractivity contribution in [1.82, 2.24) is 9.88 Å². The zero-order chi connectivity index (χ0) is 28.4. The molecule has 2 N–H and O–H groups in total. The molecular formula is C30H41N3O5. The van der Waals surface area contributed by atoms with Crippen molar-refractivity contribution in [3.63, 3.8) is 0 Å². The molecule has 1 amide bonds. The third-order valence-corrected chi connectivity index (χ3v) is 7.61. The Morgan fingerprint density at radius 2 is 1.71 bits per heavy atom. The summed E-state index contributed by atoms with van der Waals surface area (Å²) in [6.45, 7) is 17.1. The lowest BCUT2D eigenvalue weighted by Gasteiger charge is -2.29. The number of hydrogen-bond acceptors (Lipinski definition) is 5. The van der Waals surface area contributed by atoms with Crippen molar-refractivity contribution in [3.8, 4) is 0 Å². The van der Waals surface area contributed by atoms with Gasteiger partial charge in [0.1, 0.15) is 5.69 Å². The van der Waals surface area contributed by atoms with Gasteiger partial charge in [0.05, 0.1) is 32.8 Å². The number of nitrogens with one attached hydrogen (secondary N) is 2. The van der Waals surface area contributed by atoms with E-state index in [1.807, 2.05) is 24.3 Å². The molecule has 1 unspecified atom stereocenters. The molecule has 38 heavy (non-hydrogen) atoms. The summed E-state index contributed by atoms with van der Waals surface area (Å²) in [7, 11) is 1.27. The normalized spacial score (nSPS) is 17.5. The highest BCUT2D eigenvalue weighted by molar-refractivity contribution is 6.46. The number of amides is 1. The fourth-order valence-corrected chi connectivity index (χ4v) is 5.25. The zero-order valence-electron chi connectivity index (χ0n) is 23.9. The maximum atomic E-state index is 14.0. The number of ketones is 1. The van der Waals surface area contributed by atoms with E-state index in [1.165, 1.54) is 12.0 Å². The fraction of sp³-hybridized carbons (Fsp3) is 0.500. The van der Waals surface area contributed by atoms with Crippen LogP contribution in [0.4, 0.5) is 0 Å². The molecule has 0 bridgehead atoms. The van der Waals surface area contributed by atoms with Gasteiger partial charge in [-0.05, 0) is 55.4 Å². The van der Waals surface area contributed by atoms with Gasteiger partial charge < -0.3 is 24.6 Å². The molecule has 8 heteroatoms. The largest absolute Gasteiger partial charge is 0.872 e. The Morgan fingerprint density at radius 1 is 1.11 bits per heavy atom. The van der Waals surface area contributed by atoms with Crippen LogP contribution in [0.2, 0.25) is 0 Å². The van der Waals surface area contributed by atoms with Crippen LogP contribution in [-0.2, 0) is 19.7 Å².